The average molecular weight is 591 g/mol. The third-order valence-corrected chi connectivity index (χ3v) is 8.50. The first-order valence-electron chi connectivity index (χ1n) is 15.2. The molecule has 2 aliphatic rings. The summed E-state index contributed by atoms with van der Waals surface area (Å²) in [6.45, 7) is 14.8. The molecule has 43 heavy (non-hydrogen) atoms. The van der Waals surface area contributed by atoms with Crippen LogP contribution in [0.4, 0.5) is 20.5 Å². The third-order valence-electron chi connectivity index (χ3n) is 8.50. The first kappa shape index (κ1) is 29.5. The largest absolute Gasteiger partial charge is 0.373 e. The minimum absolute atomic E-state index is 0.00387. The summed E-state index contributed by atoms with van der Waals surface area (Å²) >= 11 is 0. The van der Waals surface area contributed by atoms with Gasteiger partial charge in [0.25, 0.3) is 0 Å². The Labute approximate surface area is 251 Å². The van der Waals surface area contributed by atoms with Crippen molar-refractivity contribution in [1.82, 2.24) is 34.3 Å². The van der Waals surface area contributed by atoms with Crippen molar-refractivity contribution in [3.63, 3.8) is 0 Å². The van der Waals surface area contributed by atoms with Gasteiger partial charge in [-0.1, -0.05) is 6.07 Å². The van der Waals surface area contributed by atoms with Crippen molar-refractivity contribution in [1.29, 1.82) is 0 Å². The van der Waals surface area contributed by atoms with Crippen LogP contribution in [0.2, 0.25) is 0 Å². The van der Waals surface area contributed by atoms with Gasteiger partial charge in [0, 0.05) is 44.0 Å². The van der Waals surface area contributed by atoms with Crippen LogP contribution in [0.25, 0.3) is 22.3 Å². The Kier molecular flexibility index (Phi) is 8.39. The van der Waals surface area contributed by atoms with Crippen molar-refractivity contribution in [2.24, 2.45) is 0 Å². The number of hydrogen-bond acceptors (Lipinski definition) is 8. The van der Waals surface area contributed by atoms with Crippen LogP contribution in [0.1, 0.15) is 57.5 Å². The van der Waals surface area contributed by atoms with Gasteiger partial charge in [-0.15, -0.1) is 0 Å². The van der Waals surface area contributed by atoms with Crippen LogP contribution in [0.3, 0.4) is 0 Å². The number of hydrogen-bond donors (Lipinski definition) is 1. The molecule has 1 atom stereocenters. The van der Waals surface area contributed by atoms with Crippen LogP contribution in [0.15, 0.2) is 36.7 Å². The molecule has 0 amide bonds. The number of ether oxygens (including phenoxy) is 1. The van der Waals surface area contributed by atoms with Crippen LogP contribution in [0, 0.1) is 18.6 Å². The second-order valence-electron chi connectivity index (χ2n) is 12.3. The van der Waals surface area contributed by atoms with E-state index in [0.717, 1.165) is 51.0 Å². The number of fused-ring (bicyclic) bond motifs is 1. The molecule has 2 fully saturated rings. The van der Waals surface area contributed by atoms with E-state index in [9.17, 15) is 4.39 Å². The Morgan fingerprint density at radius 1 is 1.00 bits per heavy atom. The molecule has 228 valence electrons. The molecule has 0 unspecified atom stereocenters. The highest BCUT2D eigenvalue weighted by molar-refractivity contribution is 5.83. The van der Waals surface area contributed by atoms with Crippen LogP contribution < -0.4 is 5.32 Å². The molecule has 11 heteroatoms. The van der Waals surface area contributed by atoms with Crippen molar-refractivity contribution >= 4 is 22.8 Å². The summed E-state index contributed by atoms with van der Waals surface area (Å²) in [5, 5.41) is 3.06. The molecular formula is C32H40F2N8O. The molecule has 2 aliphatic heterocycles. The van der Waals surface area contributed by atoms with E-state index < -0.39 is 11.6 Å². The van der Waals surface area contributed by atoms with Crippen LogP contribution in [-0.4, -0.2) is 79.2 Å². The SMILES string of the molecule is Cc1nc2c(F)cc(-c3nc(Nc4ccc(CN5CCO[C@](C)(CCN6CCCC6)C5)cn4)ncc3F)cc2n1C(C)C. The van der Waals surface area contributed by atoms with E-state index >= 15 is 4.39 Å². The molecule has 3 aromatic heterocycles. The molecule has 5 heterocycles. The molecule has 2 saturated heterocycles. The van der Waals surface area contributed by atoms with Crippen molar-refractivity contribution in [2.75, 3.05) is 44.6 Å². The smallest absolute Gasteiger partial charge is 0.229 e. The predicted octanol–water partition coefficient (Wildman–Crippen LogP) is 5.88. The number of nitrogens with one attached hydrogen (secondary N) is 1. The zero-order valence-electron chi connectivity index (χ0n) is 25.4. The lowest BCUT2D eigenvalue weighted by Gasteiger charge is -2.41. The average Bonchev–Trinajstić information content (AvgIpc) is 3.62. The highest BCUT2D eigenvalue weighted by Gasteiger charge is 2.32. The Morgan fingerprint density at radius 2 is 1.81 bits per heavy atom. The topological polar surface area (TPSA) is 84.2 Å². The number of anilines is 2. The van der Waals surface area contributed by atoms with Gasteiger partial charge in [-0.05, 0) is 83.8 Å². The van der Waals surface area contributed by atoms with Crippen LogP contribution in [-0.2, 0) is 11.3 Å². The van der Waals surface area contributed by atoms with Crippen molar-refractivity contribution in [3.8, 4) is 11.3 Å². The minimum Gasteiger partial charge on any atom is -0.373 e. The number of pyridine rings is 1. The highest BCUT2D eigenvalue weighted by atomic mass is 19.1. The summed E-state index contributed by atoms with van der Waals surface area (Å²) in [6, 6.07) is 6.95. The number of nitrogens with zero attached hydrogens (tertiary/aromatic N) is 7. The van der Waals surface area contributed by atoms with Gasteiger partial charge < -0.3 is 19.5 Å². The quantitative estimate of drug-likeness (QED) is 0.259. The second-order valence-corrected chi connectivity index (χ2v) is 12.3. The monoisotopic (exact) mass is 590 g/mol. The Hall–Kier alpha value is -3.54. The molecule has 4 aromatic rings. The number of aromatic nitrogens is 5. The van der Waals surface area contributed by atoms with Gasteiger partial charge >= 0.3 is 0 Å². The van der Waals surface area contributed by atoms with Gasteiger partial charge in [-0.3, -0.25) is 4.90 Å². The van der Waals surface area contributed by atoms with E-state index in [4.69, 9.17) is 4.74 Å². The number of imidazole rings is 1. The summed E-state index contributed by atoms with van der Waals surface area (Å²) < 4.78 is 38.1. The van der Waals surface area contributed by atoms with Gasteiger partial charge in [-0.2, -0.15) is 0 Å². The maximum Gasteiger partial charge on any atom is 0.229 e. The van der Waals surface area contributed by atoms with Crippen molar-refractivity contribution < 1.29 is 13.5 Å². The number of aryl methyl sites for hydroxylation is 1. The van der Waals surface area contributed by atoms with Gasteiger partial charge in [0.1, 0.15) is 22.9 Å². The molecule has 9 nitrogen and oxygen atoms in total. The molecule has 6 rings (SSSR count). The summed E-state index contributed by atoms with van der Waals surface area (Å²) in [4.78, 5) is 22.4. The highest BCUT2D eigenvalue weighted by Crippen LogP contribution is 2.31. The van der Waals surface area contributed by atoms with E-state index in [1.165, 1.54) is 32.0 Å². The number of rotatable bonds is 9. The summed E-state index contributed by atoms with van der Waals surface area (Å²) in [7, 11) is 0. The molecule has 0 bridgehead atoms. The van der Waals surface area contributed by atoms with Crippen molar-refractivity contribution in [2.45, 2.75) is 65.1 Å². The van der Waals surface area contributed by atoms with Crippen LogP contribution >= 0.6 is 0 Å². The first-order chi connectivity index (χ1) is 20.7. The number of likely N-dealkylation sites (tertiary alicyclic amines) is 1. The summed E-state index contributed by atoms with van der Waals surface area (Å²) in [5.74, 6) is 0.243. The molecule has 0 radical (unpaired) electrons. The molecule has 0 aliphatic carbocycles. The third kappa shape index (κ3) is 6.53. The predicted molar refractivity (Wildman–Crippen MR) is 163 cm³/mol. The Bertz CT molecular complexity index is 1580. The molecular weight excluding hydrogens is 550 g/mol. The van der Waals surface area contributed by atoms with Gasteiger partial charge in [0.05, 0.1) is 23.9 Å². The van der Waals surface area contributed by atoms with Gasteiger partial charge in [-0.25, -0.2) is 28.7 Å². The molecule has 1 N–H and O–H groups in total. The summed E-state index contributed by atoms with van der Waals surface area (Å²) in [5.41, 5.74) is 2.12. The number of halogens is 2. The fraction of sp³-hybridized carbons (Fsp3) is 0.500. The lowest BCUT2D eigenvalue weighted by molar-refractivity contribution is -0.106. The zero-order chi connectivity index (χ0) is 30.1. The standard InChI is InChI=1S/C32H40F2N8O/c1-21(2)42-22(3)37-30-25(33)15-24(16-27(30)42)29-26(34)18-36-31(39-29)38-28-8-7-23(17-35-28)19-41-13-14-43-32(4,20-41)9-12-40-10-5-6-11-40/h7-8,15-18,21H,5-6,9-14,19-20H2,1-4H3,(H,35,36,38,39)/t32-/m1/s1. The van der Waals surface area contributed by atoms with Crippen molar-refractivity contribution in [3.05, 3.63) is 59.7 Å². The first-order valence-corrected chi connectivity index (χ1v) is 15.2. The zero-order valence-corrected chi connectivity index (χ0v) is 25.4. The van der Waals surface area contributed by atoms with E-state index in [2.05, 4.69) is 42.0 Å². The second kappa shape index (κ2) is 12.2. The lowest BCUT2D eigenvalue weighted by Crippen LogP contribution is -2.50. The van der Waals surface area contributed by atoms with E-state index in [0.29, 0.717) is 22.7 Å². The Balaban J connectivity index is 1.13. The maximum absolute atomic E-state index is 15.0. The summed E-state index contributed by atoms with van der Waals surface area (Å²) in [6.07, 6.45) is 6.56. The molecule has 0 saturated carbocycles. The van der Waals surface area contributed by atoms with E-state index in [1.807, 2.05) is 43.7 Å². The van der Waals surface area contributed by atoms with E-state index in [-0.39, 0.29) is 28.8 Å². The maximum atomic E-state index is 15.0. The Morgan fingerprint density at radius 3 is 2.56 bits per heavy atom. The fourth-order valence-corrected chi connectivity index (χ4v) is 6.36. The van der Waals surface area contributed by atoms with Gasteiger partial charge in [0.15, 0.2) is 11.6 Å². The molecule has 1 aromatic carbocycles. The number of morpholine rings is 1. The molecule has 0 spiro atoms. The van der Waals surface area contributed by atoms with E-state index in [1.54, 1.807) is 6.07 Å². The normalized spacial score (nSPS) is 20.0. The van der Waals surface area contributed by atoms with Gasteiger partial charge in [0.2, 0.25) is 5.95 Å². The minimum atomic E-state index is -0.641. The fourth-order valence-electron chi connectivity index (χ4n) is 6.36. The lowest BCUT2D eigenvalue weighted by atomic mass is 9.99. The van der Waals surface area contributed by atoms with Crippen LogP contribution in [0.5, 0.6) is 0 Å². The number of benzene rings is 1.